The predicted octanol–water partition coefficient (Wildman–Crippen LogP) is 2.44. The van der Waals surface area contributed by atoms with Crippen molar-refractivity contribution in [2.75, 3.05) is 20.3 Å². The minimum absolute atomic E-state index is 0.106. The van der Waals surface area contributed by atoms with Gasteiger partial charge in [0.25, 0.3) is 0 Å². The third-order valence-electron chi connectivity index (χ3n) is 2.98. The summed E-state index contributed by atoms with van der Waals surface area (Å²) >= 11 is 0. The molecule has 3 heteroatoms. The molecule has 2 rings (SSSR count). The molecule has 1 fully saturated rings. The van der Waals surface area contributed by atoms with Gasteiger partial charge in [0.1, 0.15) is 5.82 Å². The molecule has 2 nitrogen and oxygen atoms in total. The number of halogens is 1. The second kappa shape index (κ2) is 5.41. The van der Waals surface area contributed by atoms with Crippen LogP contribution in [0.3, 0.4) is 0 Å². The van der Waals surface area contributed by atoms with Crippen LogP contribution < -0.4 is 0 Å². The molecule has 0 bridgehead atoms. The lowest BCUT2D eigenvalue weighted by molar-refractivity contribution is 0.139. The fourth-order valence-electron chi connectivity index (χ4n) is 1.88. The number of hydrogen-bond acceptors (Lipinski definition) is 2. The van der Waals surface area contributed by atoms with E-state index < -0.39 is 0 Å². The van der Waals surface area contributed by atoms with Crippen LogP contribution in [0.4, 0.5) is 4.39 Å². The molecule has 1 aromatic rings. The van der Waals surface area contributed by atoms with Gasteiger partial charge in [-0.15, -0.1) is 0 Å². The number of nitrogens with zero attached hydrogens (tertiary/aromatic N) is 1. The summed E-state index contributed by atoms with van der Waals surface area (Å²) in [6.07, 6.45) is 2.47. The summed E-state index contributed by atoms with van der Waals surface area (Å²) in [7, 11) is 1.70. The molecule has 0 aliphatic heterocycles. The van der Waals surface area contributed by atoms with E-state index in [1.54, 1.807) is 13.2 Å². The van der Waals surface area contributed by atoms with E-state index >= 15 is 0 Å². The Hall–Kier alpha value is -0.930. The molecule has 0 N–H and O–H groups in total. The molecule has 0 radical (unpaired) electrons. The second-order valence-corrected chi connectivity index (χ2v) is 4.29. The Bertz CT molecular complexity index is 338. The summed E-state index contributed by atoms with van der Waals surface area (Å²) in [5, 5.41) is 0. The first kappa shape index (κ1) is 11.6. The van der Waals surface area contributed by atoms with Crippen LogP contribution in [0, 0.1) is 5.82 Å². The molecular weight excluding hydrogens is 205 g/mol. The van der Waals surface area contributed by atoms with Crippen molar-refractivity contribution < 1.29 is 9.13 Å². The molecule has 1 aromatic carbocycles. The first-order valence-electron chi connectivity index (χ1n) is 5.77. The zero-order valence-corrected chi connectivity index (χ0v) is 9.66. The summed E-state index contributed by atoms with van der Waals surface area (Å²) in [5.41, 5.74) is 0.783. The van der Waals surface area contributed by atoms with Crippen molar-refractivity contribution in [1.82, 2.24) is 4.90 Å². The Balaban J connectivity index is 1.97. The van der Waals surface area contributed by atoms with E-state index in [9.17, 15) is 4.39 Å². The van der Waals surface area contributed by atoms with Crippen LogP contribution in [0.5, 0.6) is 0 Å². The van der Waals surface area contributed by atoms with Crippen LogP contribution in [0.15, 0.2) is 24.3 Å². The normalized spacial score (nSPS) is 15.7. The molecule has 88 valence electrons. The van der Waals surface area contributed by atoms with Gasteiger partial charge in [0.2, 0.25) is 0 Å². The zero-order valence-electron chi connectivity index (χ0n) is 9.66. The topological polar surface area (TPSA) is 12.5 Å². The Morgan fingerprint density at radius 3 is 2.75 bits per heavy atom. The zero-order chi connectivity index (χ0) is 11.4. The van der Waals surface area contributed by atoms with Gasteiger partial charge in [0.05, 0.1) is 6.61 Å². The fraction of sp³-hybridized carbons (Fsp3) is 0.538. The van der Waals surface area contributed by atoms with Crippen molar-refractivity contribution in [3.63, 3.8) is 0 Å². The van der Waals surface area contributed by atoms with E-state index in [1.807, 2.05) is 12.1 Å². The van der Waals surface area contributed by atoms with Crippen LogP contribution >= 0.6 is 0 Å². The molecule has 0 amide bonds. The maximum atomic E-state index is 13.5. The van der Waals surface area contributed by atoms with Gasteiger partial charge in [0, 0.05) is 31.8 Å². The van der Waals surface area contributed by atoms with Crippen LogP contribution in [-0.4, -0.2) is 31.2 Å². The van der Waals surface area contributed by atoms with Gasteiger partial charge in [-0.1, -0.05) is 18.2 Å². The molecule has 0 saturated heterocycles. The van der Waals surface area contributed by atoms with E-state index in [-0.39, 0.29) is 5.82 Å². The SMILES string of the molecule is COCCN(Cc1ccccc1F)C1CC1. The molecule has 1 aliphatic rings. The smallest absolute Gasteiger partial charge is 0.127 e. The van der Waals surface area contributed by atoms with Crippen LogP contribution in [0.2, 0.25) is 0 Å². The molecule has 1 saturated carbocycles. The summed E-state index contributed by atoms with van der Waals surface area (Å²) in [6, 6.07) is 7.64. The Kier molecular flexibility index (Phi) is 3.91. The average molecular weight is 223 g/mol. The summed E-state index contributed by atoms with van der Waals surface area (Å²) in [4.78, 5) is 2.31. The third kappa shape index (κ3) is 3.03. The highest BCUT2D eigenvalue weighted by molar-refractivity contribution is 5.17. The highest BCUT2D eigenvalue weighted by atomic mass is 19.1. The molecule has 0 unspecified atom stereocenters. The van der Waals surface area contributed by atoms with Crippen molar-refractivity contribution in [3.05, 3.63) is 35.6 Å². The van der Waals surface area contributed by atoms with Crippen molar-refractivity contribution >= 4 is 0 Å². The number of rotatable bonds is 6. The van der Waals surface area contributed by atoms with Gasteiger partial charge in [-0.05, 0) is 18.9 Å². The standard InChI is InChI=1S/C13H18FNO/c1-16-9-8-15(12-6-7-12)10-11-4-2-3-5-13(11)14/h2-5,12H,6-10H2,1H3. The minimum Gasteiger partial charge on any atom is -0.383 e. The maximum Gasteiger partial charge on any atom is 0.127 e. The van der Waals surface area contributed by atoms with Gasteiger partial charge >= 0.3 is 0 Å². The van der Waals surface area contributed by atoms with Gasteiger partial charge < -0.3 is 4.74 Å². The van der Waals surface area contributed by atoms with Crippen molar-refractivity contribution in [2.24, 2.45) is 0 Å². The lowest BCUT2D eigenvalue weighted by atomic mass is 10.2. The molecule has 1 aliphatic carbocycles. The lowest BCUT2D eigenvalue weighted by Gasteiger charge is -2.21. The van der Waals surface area contributed by atoms with E-state index in [0.29, 0.717) is 19.2 Å². The molecule has 16 heavy (non-hydrogen) atoms. The minimum atomic E-state index is -0.106. The van der Waals surface area contributed by atoms with Gasteiger partial charge in [-0.2, -0.15) is 0 Å². The number of methoxy groups -OCH3 is 1. The predicted molar refractivity (Wildman–Crippen MR) is 61.7 cm³/mol. The quantitative estimate of drug-likeness (QED) is 0.734. The molecule has 0 atom stereocenters. The van der Waals surface area contributed by atoms with Gasteiger partial charge in [-0.25, -0.2) is 4.39 Å². The Morgan fingerprint density at radius 2 is 2.12 bits per heavy atom. The number of benzene rings is 1. The van der Waals surface area contributed by atoms with Gasteiger partial charge in [-0.3, -0.25) is 4.90 Å². The highest BCUT2D eigenvalue weighted by Gasteiger charge is 2.28. The van der Waals surface area contributed by atoms with E-state index in [0.717, 1.165) is 12.1 Å². The van der Waals surface area contributed by atoms with Crippen LogP contribution in [0.25, 0.3) is 0 Å². The monoisotopic (exact) mass is 223 g/mol. The number of hydrogen-bond donors (Lipinski definition) is 0. The summed E-state index contributed by atoms with van der Waals surface area (Å²) in [5.74, 6) is -0.106. The average Bonchev–Trinajstić information content (AvgIpc) is 3.10. The molecule has 0 heterocycles. The summed E-state index contributed by atoms with van der Waals surface area (Å²) < 4.78 is 18.6. The molecule has 0 aromatic heterocycles. The van der Waals surface area contributed by atoms with E-state index in [2.05, 4.69) is 4.90 Å². The van der Waals surface area contributed by atoms with E-state index in [1.165, 1.54) is 18.9 Å². The fourth-order valence-corrected chi connectivity index (χ4v) is 1.88. The van der Waals surface area contributed by atoms with Crippen LogP contribution in [0.1, 0.15) is 18.4 Å². The van der Waals surface area contributed by atoms with Crippen molar-refractivity contribution in [3.8, 4) is 0 Å². The summed E-state index contributed by atoms with van der Waals surface area (Å²) in [6.45, 7) is 2.29. The lowest BCUT2D eigenvalue weighted by Crippen LogP contribution is -2.29. The van der Waals surface area contributed by atoms with Crippen LogP contribution in [-0.2, 0) is 11.3 Å². The van der Waals surface area contributed by atoms with Gasteiger partial charge in [0.15, 0.2) is 0 Å². The first-order valence-corrected chi connectivity index (χ1v) is 5.77. The first-order chi connectivity index (χ1) is 7.81. The molecule has 0 spiro atoms. The Labute approximate surface area is 96.0 Å². The van der Waals surface area contributed by atoms with Crippen molar-refractivity contribution in [1.29, 1.82) is 0 Å². The third-order valence-corrected chi connectivity index (χ3v) is 2.98. The Morgan fingerprint density at radius 1 is 1.38 bits per heavy atom. The van der Waals surface area contributed by atoms with Crippen molar-refractivity contribution in [2.45, 2.75) is 25.4 Å². The van der Waals surface area contributed by atoms with E-state index in [4.69, 9.17) is 4.74 Å². The largest absolute Gasteiger partial charge is 0.383 e. The maximum absolute atomic E-state index is 13.5. The highest BCUT2D eigenvalue weighted by Crippen LogP contribution is 2.28. The number of ether oxygens (including phenoxy) is 1. The second-order valence-electron chi connectivity index (χ2n) is 4.29. The molecular formula is C13H18FNO.